The SMILES string of the molecule is Cc1cc(C)n(Cc2cccc(C[Se]c3ccccc3)n2)n1. The molecule has 2 heterocycles. The summed E-state index contributed by atoms with van der Waals surface area (Å²) in [5.41, 5.74) is 4.48. The summed E-state index contributed by atoms with van der Waals surface area (Å²) in [6, 6.07) is 19.1. The first kappa shape index (κ1) is 15.0. The van der Waals surface area contributed by atoms with E-state index in [9.17, 15) is 0 Å². The van der Waals surface area contributed by atoms with E-state index in [1.165, 1.54) is 15.8 Å². The van der Waals surface area contributed by atoms with Crippen molar-refractivity contribution in [3.8, 4) is 0 Å². The average molecular weight is 356 g/mol. The number of pyridine rings is 1. The molecule has 3 rings (SSSR count). The molecule has 0 saturated heterocycles. The predicted molar refractivity (Wildman–Crippen MR) is 90.6 cm³/mol. The normalized spacial score (nSPS) is 10.8. The van der Waals surface area contributed by atoms with Crippen LogP contribution in [0, 0.1) is 13.8 Å². The summed E-state index contributed by atoms with van der Waals surface area (Å²) >= 11 is 0.436. The molecule has 3 aromatic rings. The second-order valence-electron chi connectivity index (χ2n) is 5.31. The zero-order chi connectivity index (χ0) is 15.4. The molecule has 22 heavy (non-hydrogen) atoms. The first-order chi connectivity index (χ1) is 10.7. The summed E-state index contributed by atoms with van der Waals surface area (Å²) in [7, 11) is 0. The van der Waals surface area contributed by atoms with Crippen molar-refractivity contribution in [3.63, 3.8) is 0 Å². The van der Waals surface area contributed by atoms with Gasteiger partial charge in [0.1, 0.15) is 0 Å². The molecule has 0 unspecified atom stereocenters. The van der Waals surface area contributed by atoms with Gasteiger partial charge in [0.05, 0.1) is 0 Å². The Morgan fingerprint density at radius 1 is 0.955 bits per heavy atom. The van der Waals surface area contributed by atoms with Gasteiger partial charge in [-0.25, -0.2) is 0 Å². The summed E-state index contributed by atoms with van der Waals surface area (Å²) in [4.78, 5) is 4.79. The van der Waals surface area contributed by atoms with Crippen LogP contribution in [0.15, 0.2) is 54.6 Å². The van der Waals surface area contributed by atoms with Crippen molar-refractivity contribution in [2.75, 3.05) is 0 Å². The molecular weight excluding hydrogens is 337 g/mol. The van der Waals surface area contributed by atoms with Crippen LogP contribution >= 0.6 is 0 Å². The van der Waals surface area contributed by atoms with Crippen molar-refractivity contribution in [3.05, 3.63) is 77.4 Å². The molecule has 0 spiro atoms. The summed E-state index contributed by atoms with van der Waals surface area (Å²) in [6.07, 6.45) is 0. The molecule has 0 aliphatic carbocycles. The topological polar surface area (TPSA) is 30.7 Å². The van der Waals surface area contributed by atoms with Gasteiger partial charge in [-0.15, -0.1) is 0 Å². The molecule has 0 atom stereocenters. The Labute approximate surface area is 137 Å². The molecule has 0 radical (unpaired) electrons. The molecule has 0 bridgehead atoms. The maximum atomic E-state index is 4.79. The number of rotatable bonds is 5. The molecule has 0 aliphatic rings. The first-order valence-corrected chi connectivity index (χ1v) is 9.41. The number of hydrogen-bond acceptors (Lipinski definition) is 2. The van der Waals surface area contributed by atoms with Gasteiger partial charge >= 0.3 is 137 Å². The van der Waals surface area contributed by atoms with Crippen LogP contribution in [0.25, 0.3) is 0 Å². The molecule has 0 saturated carbocycles. The second-order valence-corrected chi connectivity index (χ2v) is 7.51. The Balaban J connectivity index is 1.68. The van der Waals surface area contributed by atoms with Crippen molar-refractivity contribution >= 4 is 19.4 Å². The monoisotopic (exact) mass is 357 g/mol. The summed E-state index contributed by atoms with van der Waals surface area (Å²) in [6.45, 7) is 4.85. The Hall–Kier alpha value is -1.90. The third-order valence-electron chi connectivity index (χ3n) is 3.41. The number of nitrogens with zero attached hydrogens (tertiary/aromatic N) is 3. The van der Waals surface area contributed by atoms with E-state index in [-0.39, 0.29) is 0 Å². The van der Waals surface area contributed by atoms with Crippen molar-refractivity contribution < 1.29 is 0 Å². The summed E-state index contributed by atoms with van der Waals surface area (Å²) < 4.78 is 3.44. The third-order valence-corrected chi connectivity index (χ3v) is 5.60. The molecule has 0 fully saturated rings. The Bertz CT molecular complexity index is 750. The van der Waals surface area contributed by atoms with Gasteiger partial charge in [-0.2, -0.15) is 0 Å². The molecule has 0 aliphatic heterocycles. The van der Waals surface area contributed by atoms with Gasteiger partial charge in [-0.3, -0.25) is 0 Å². The predicted octanol–water partition coefficient (Wildman–Crippen LogP) is 2.47. The van der Waals surface area contributed by atoms with Crippen molar-refractivity contribution in [2.45, 2.75) is 25.7 Å². The number of hydrogen-bond donors (Lipinski definition) is 0. The molecular formula is C18H19N3Se. The van der Waals surface area contributed by atoms with Gasteiger partial charge in [0, 0.05) is 0 Å². The Kier molecular flexibility index (Phi) is 4.71. The fraction of sp³-hybridized carbons (Fsp3) is 0.222. The van der Waals surface area contributed by atoms with E-state index in [1.807, 2.05) is 11.6 Å². The van der Waals surface area contributed by atoms with Gasteiger partial charge in [0.25, 0.3) is 0 Å². The standard InChI is InChI=1S/C18H19N3Se/c1-14-11-15(2)21(20-14)12-16-7-6-8-17(19-16)13-22-18-9-4-3-5-10-18/h3-11H,12-13H2,1-2H3. The summed E-state index contributed by atoms with van der Waals surface area (Å²) in [5.74, 6) is 0. The van der Waals surface area contributed by atoms with E-state index in [2.05, 4.69) is 66.6 Å². The molecule has 0 N–H and O–H groups in total. The third kappa shape index (κ3) is 3.84. The zero-order valence-electron chi connectivity index (χ0n) is 12.9. The maximum absolute atomic E-state index is 4.79. The van der Waals surface area contributed by atoms with E-state index in [0.29, 0.717) is 15.0 Å². The second kappa shape index (κ2) is 6.91. The minimum atomic E-state index is 0.436. The number of aromatic nitrogens is 3. The number of aryl methyl sites for hydroxylation is 2. The van der Waals surface area contributed by atoms with Crippen LogP contribution in [-0.2, 0) is 11.9 Å². The number of benzene rings is 1. The minimum absolute atomic E-state index is 0.436. The molecule has 1 aromatic carbocycles. The average Bonchev–Trinajstić information content (AvgIpc) is 2.84. The zero-order valence-corrected chi connectivity index (χ0v) is 14.6. The van der Waals surface area contributed by atoms with E-state index >= 15 is 0 Å². The van der Waals surface area contributed by atoms with Crippen molar-refractivity contribution in [2.24, 2.45) is 0 Å². The molecule has 2 aromatic heterocycles. The molecule has 0 amide bonds. The van der Waals surface area contributed by atoms with E-state index in [4.69, 9.17) is 4.98 Å². The van der Waals surface area contributed by atoms with Crippen LogP contribution < -0.4 is 4.46 Å². The first-order valence-electron chi connectivity index (χ1n) is 7.34. The Morgan fingerprint density at radius 3 is 2.45 bits per heavy atom. The van der Waals surface area contributed by atoms with Gasteiger partial charge in [0.15, 0.2) is 0 Å². The van der Waals surface area contributed by atoms with E-state index in [0.717, 1.165) is 23.3 Å². The van der Waals surface area contributed by atoms with Gasteiger partial charge < -0.3 is 0 Å². The quantitative estimate of drug-likeness (QED) is 0.658. The van der Waals surface area contributed by atoms with E-state index < -0.39 is 0 Å². The fourth-order valence-electron chi connectivity index (χ4n) is 2.36. The van der Waals surface area contributed by atoms with Gasteiger partial charge in [-0.05, 0) is 0 Å². The van der Waals surface area contributed by atoms with Crippen LogP contribution in [0.1, 0.15) is 22.8 Å². The van der Waals surface area contributed by atoms with Gasteiger partial charge in [-0.1, -0.05) is 0 Å². The van der Waals surface area contributed by atoms with Crippen LogP contribution in [0.4, 0.5) is 0 Å². The molecule has 4 heteroatoms. The van der Waals surface area contributed by atoms with Crippen LogP contribution in [0.2, 0.25) is 0 Å². The summed E-state index contributed by atoms with van der Waals surface area (Å²) in [5, 5.41) is 5.54. The Morgan fingerprint density at radius 2 is 1.73 bits per heavy atom. The molecule has 3 nitrogen and oxygen atoms in total. The van der Waals surface area contributed by atoms with Crippen LogP contribution in [0.3, 0.4) is 0 Å². The van der Waals surface area contributed by atoms with E-state index in [1.54, 1.807) is 0 Å². The molecule has 112 valence electrons. The van der Waals surface area contributed by atoms with Crippen LogP contribution in [-0.4, -0.2) is 29.7 Å². The fourth-order valence-corrected chi connectivity index (χ4v) is 4.09. The van der Waals surface area contributed by atoms with Gasteiger partial charge in [0.2, 0.25) is 0 Å². The van der Waals surface area contributed by atoms with Crippen molar-refractivity contribution in [1.29, 1.82) is 0 Å². The van der Waals surface area contributed by atoms with Crippen LogP contribution in [0.5, 0.6) is 0 Å². The van der Waals surface area contributed by atoms with Crippen molar-refractivity contribution in [1.82, 2.24) is 14.8 Å².